The summed E-state index contributed by atoms with van der Waals surface area (Å²) in [4.78, 5) is 12.5. The number of benzene rings is 1. The molecular weight excluding hydrogens is 336 g/mol. The van der Waals surface area contributed by atoms with Crippen LogP contribution in [0, 0.1) is 18.8 Å². The number of nitrogens with one attached hydrogen (secondary N) is 2. The zero-order valence-electron chi connectivity index (χ0n) is 15.4. The highest BCUT2D eigenvalue weighted by Gasteiger charge is 2.27. The molecule has 1 aliphatic rings. The van der Waals surface area contributed by atoms with Crippen LogP contribution in [0.2, 0.25) is 0 Å². The van der Waals surface area contributed by atoms with Crippen molar-refractivity contribution in [1.29, 1.82) is 0 Å². The van der Waals surface area contributed by atoms with Gasteiger partial charge in [-0.05, 0) is 64.0 Å². The molecular formula is C19H30N2O3S. The third kappa shape index (κ3) is 5.82. The minimum atomic E-state index is -3.45. The van der Waals surface area contributed by atoms with Crippen molar-refractivity contribution in [3.8, 4) is 0 Å². The zero-order valence-corrected chi connectivity index (χ0v) is 16.2. The first kappa shape index (κ1) is 19.9. The molecule has 0 aromatic heterocycles. The van der Waals surface area contributed by atoms with E-state index in [4.69, 9.17) is 0 Å². The Balaban J connectivity index is 1.80. The van der Waals surface area contributed by atoms with E-state index in [0.29, 0.717) is 17.4 Å². The van der Waals surface area contributed by atoms with Crippen LogP contribution >= 0.6 is 0 Å². The van der Waals surface area contributed by atoms with Crippen LogP contribution in [0.3, 0.4) is 0 Å². The lowest BCUT2D eigenvalue weighted by molar-refractivity contribution is -0.126. The van der Waals surface area contributed by atoms with E-state index in [1.165, 1.54) is 0 Å². The standard InChI is InChI=1S/C19H30N2O3S/c1-4-15(3)21-19(22)17-9-7-16(8-10-17)13-20-25(23,24)18-11-5-14(2)6-12-18/h5-6,11-12,15-17,20H,4,7-10,13H2,1-3H3,(H,21,22)/t15-,16?,17?/m0/s1. The number of rotatable bonds is 7. The molecule has 1 atom stereocenters. The summed E-state index contributed by atoms with van der Waals surface area (Å²) < 4.78 is 27.4. The highest BCUT2D eigenvalue weighted by Crippen LogP contribution is 2.29. The molecule has 1 aromatic rings. The first-order valence-electron chi connectivity index (χ1n) is 9.18. The van der Waals surface area contributed by atoms with E-state index in [-0.39, 0.29) is 17.9 Å². The minimum absolute atomic E-state index is 0.0685. The lowest BCUT2D eigenvalue weighted by atomic mass is 9.81. The van der Waals surface area contributed by atoms with Gasteiger partial charge in [-0.15, -0.1) is 0 Å². The summed E-state index contributed by atoms with van der Waals surface area (Å²) in [7, 11) is -3.45. The molecule has 1 aliphatic carbocycles. The van der Waals surface area contributed by atoms with E-state index < -0.39 is 10.0 Å². The van der Waals surface area contributed by atoms with E-state index >= 15 is 0 Å². The summed E-state index contributed by atoms with van der Waals surface area (Å²) in [6, 6.07) is 7.08. The first-order valence-corrected chi connectivity index (χ1v) is 10.7. The Labute approximate surface area is 151 Å². The molecule has 0 bridgehead atoms. The van der Waals surface area contributed by atoms with Gasteiger partial charge < -0.3 is 5.32 Å². The Bertz CT molecular complexity index is 662. The monoisotopic (exact) mass is 366 g/mol. The number of aryl methyl sites for hydroxylation is 1. The molecule has 1 saturated carbocycles. The van der Waals surface area contributed by atoms with Crippen molar-refractivity contribution in [3.63, 3.8) is 0 Å². The highest BCUT2D eigenvalue weighted by molar-refractivity contribution is 7.89. The van der Waals surface area contributed by atoms with Crippen molar-refractivity contribution < 1.29 is 13.2 Å². The second-order valence-corrected chi connectivity index (χ2v) is 8.97. The smallest absolute Gasteiger partial charge is 0.240 e. The molecule has 0 saturated heterocycles. The van der Waals surface area contributed by atoms with Crippen molar-refractivity contribution >= 4 is 15.9 Å². The van der Waals surface area contributed by atoms with Crippen molar-refractivity contribution in [2.75, 3.05) is 6.54 Å². The molecule has 140 valence electrons. The molecule has 5 nitrogen and oxygen atoms in total. The van der Waals surface area contributed by atoms with Crippen molar-refractivity contribution in [1.82, 2.24) is 10.0 Å². The zero-order chi connectivity index (χ0) is 18.4. The minimum Gasteiger partial charge on any atom is -0.353 e. The molecule has 2 rings (SSSR count). The fourth-order valence-electron chi connectivity index (χ4n) is 3.12. The summed E-state index contributed by atoms with van der Waals surface area (Å²) in [5.74, 6) is 0.514. The molecule has 0 aliphatic heterocycles. The summed E-state index contributed by atoms with van der Waals surface area (Å²) >= 11 is 0. The number of hydrogen-bond acceptors (Lipinski definition) is 3. The number of amides is 1. The normalized spacial score (nSPS) is 22.4. The Hall–Kier alpha value is -1.40. The van der Waals surface area contributed by atoms with Gasteiger partial charge in [0.05, 0.1) is 4.90 Å². The molecule has 25 heavy (non-hydrogen) atoms. The Morgan fingerprint density at radius 2 is 1.76 bits per heavy atom. The fourth-order valence-corrected chi connectivity index (χ4v) is 4.24. The average Bonchev–Trinajstić information content (AvgIpc) is 2.60. The fraction of sp³-hybridized carbons (Fsp3) is 0.632. The molecule has 0 spiro atoms. The first-order chi connectivity index (χ1) is 11.8. The van der Waals surface area contributed by atoms with Crippen LogP contribution in [0.5, 0.6) is 0 Å². The number of hydrogen-bond donors (Lipinski definition) is 2. The maximum Gasteiger partial charge on any atom is 0.240 e. The summed E-state index contributed by atoms with van der Waals surface area (Å²) in [6.45, 7) is 6.45. The topological polar surface area (TPSA) is 75.3 Å². The highest BCUT2D eigenvalue weighted by atomic mass is 32.2. The molecule has 1 aromatic carbocycles. The number of carbonyl (C=O) groups excluding carboxylic acids is 1. The van der Waals surface area contributed by atoms with Gasteiger partial charge in [-0.2, -0.15) is 0 Å². The van der Waals surface area contributed by atoms with E-state index in [2.05, 4.69) is 17.0 Å². The molecule has 0 heterocycles. The molecule has 1 amide bonds. The van der Waals surface area contributed by atoms with Gasteiger partial charge in [0.1, 0.15) is 0 Å². The van der Waals surface area contributed by atoms with Gasteiger partial charge in [-0.25, -0.2) is 13.1 Å². The van der Waals surface area contributed by atoms with Gasteiger partial charge in [0.25, 0.3) is 0 Å². The van der Waals surface area contributed by atoms with Crippen molar-refractivity contribution in [2.45, 2.75) is 63.8 Å². The molecule has 2 N–H and O–H groups in total. The predicted molar refractivity (Wildman–Crippen MR) is 99.7 cm³/mol. The van der Waals surface area contributed by atoms with Gasteiger partial charge in [0.2, 0.25) is 15.9 Å². The molecule has 6 heteroatoms. The molecule has 0 unspecified atom stereocenters. The maximum absolute atomic E-state index is 12.3. The van der Waals surface area contributed by atoms with Crippen LogP contribution in [-0.4, -0.2) is 26.9 Å². The van der Waals surface area contributed by atoms with E-state index in [1.54, 1.807) is 24.3 Å². The Kier molecular flexibility index (Phi) is 7.02. The largest absolute Gasteiger partial charge is 0.353 e. The molecule has 1 fully saturated rings. The lowest BCUT2D eigenvalue weighted by Gasteiger charge is -2.28. The number of sulfonamides is 1. The van der Waals surface area contributed by atoms with Crippen LogP contribution in [0.25, 0.3) is 0 Å². The SMILES string of the molecule is CC[C@H](C)NC(=O)C1CCC(CNS(=O)(=O)c2ccc(C)cc2)CC1. The lowest BCUT2D eigenvalue weighted by Crippen LogP contribution is -2.39. The van der Waals surface area contributed by atoms with E-state index in [9.17, 15) is 13.2 Å². The summed E-state index contributed by atoms with van der Waals surface area (Å²) in [5.41, 5.74) is 1.04. The van der Waals surface area contributed by atoms with Crippen molar-refractivity contribution in [2.24, 2.45) is 11.8 Å². The third-order valence-electron chi connectivity index (χ3n) is 5.11. The summed E-state index contributed by atoms with van der Waals surface area (Å²) in [6.07, 6.45) is 4.37. The third-order valence-corrected chi connectivity index (χ3v) is 6.55. The quantitative estimate of drug-likeness (QED) is 0.779. The Morgan fingerprint density at radius 1 is 1.16 bits per heavy atom. The van der Waals surface area contributed by atoms with E-state index in [1.807, 2.05) is 13.8 Å². The summed E-state index contributed by atoms with van der Waals surface area (Å²) in [5, 5.41) is 3.05. The predicted octanol–water partition coefficient (Wildman–Crippen LogP) is 2.99. The van der Waals surface area contributed by atoms with Crippen molar-refractivity contribution in [3.05, 3.63) is 29.8 Å². The van der Waals surface area contributed by atoms with Gasteiger partial charge in [-0.1, -0.05) is 24.6 Å². The molecule has 0 radical (unpaired) electrons. The van der Waals surface area contributed by atoms with Crippen LogP contribution < -0.4 is 10.0 Å². The van der Waals surface area contributed by atoms with Gasteiger partial charge in [0.15, 0.2) is 0 Å². The van der Waals surface area contributed by atoms with Gasteiger partial charge in [0, 0.05) is 18.5 Å². The second kappa shape index (κ2) is 8.81. The second-order valence-electron chi connectivity index (χ2n) is 7.20. The van der Waals surface area contributed by atoms with Gasteiger partial charge in [-0.3, -0.25) is 4.79 Å². The van der Waals surface area contributed by atoms with Crippen LogP contribution in [0.15, 0.2) is 29.2 Å². The van der Waals surface area contributed by atoms with E-state index in [0.717, 1.165) is 37.7 Å². The van der Waals surface area contributed by atoms with Crippen LogP contribution in [-0.2, 0) is 14.8 Å². The average molecular weight is 367 g/mol. The number of carbonyl (C=O) groups is 1. The Morgan fingerprint density at radius 3 is 2.32 bits per heavy atom. The van der Waals surface area contributed by atoms with Crippen LogP contribution in [0.4, 0.5) is 0 Å². The van der Waals surface area contributed by atoms with Crippen LogP contribution in [0.1, 0.15) is 51.5 Å². The van der Waals surface area contributed by atoms with Gasteiger partial charge >= 0.3 is 0 Å². The maximum atomic E-state index is 12.3.